The summed E-state index contributed by atoms with van der Waals surface area (Å²) in [6.45, 7) is 26.5. The topological polar surface area (TPSA) is 32.8 Å². The average Bonchev–Trinajstić information content (AvgIpc) is 2.69. The molecule has 1 amide bonds. The van der Waals surface area contributed by atoms with Gasteiger partial charge in [0.15, 0.2) is 0 Å². The van der Waals surface area contributed by atoms with E-state index >= 15 is 0 Å². The summed E-state index contributed by atoms with van der Waals surface area (Å²) in [4.78, 5) is 16.0. The van der Waals surface area contributed by atoms with Gasteiger partial charge in [0, 0.05) is 32.9 Å². The first-order valence-corrected chi connectivity index (χ1v) is 11.7. The second-order valence-electron chi connectivity index (χ2n) is 10.4. The summed E-state index contributed by atoms with van der Waals surface area (Å²) >= 11 is 0. The van der Waals surface area contributed by atoms with Gasteiger partial charge in [-0.25, -0.2) is 4.79 Å². The lowest BCUT2D eigenvalue weighted by molar-refractivity contribution is 0.0279. The van der Waals surface area contributed by atoms with Crippen LogP contribution in [0, 0.1) is 5.41 Å². The van der Waals surface area contributed by atoms with Gasteiger partial charge >= 0.3 is 6.09 Å². The predicted octanol–water partition coefficient (Wildman–Crippen LogP) is 7.52. The highest BCUT2D eigenvalue weighted by Gasteiger charge is 2.23. The predicted molar refractivity (Wildman–Crippen MR) is 140 cm³/mol. The van der Waals surface area contributed by atoms with E-state index in [1.165, 1.54) is 5.57 Å². The quantitative estimate of drug-likeness (QED) is 0.292. The summed E-state index contributed by atoms with van der Waals surface area (Å²) < 4.78 is 5.44. The van der Waals surface area contributed by atoms with Gasteiger partial charge in [0.05, 0.1) is 0 Å². The minimum atomic E-state index is -0.471. The Kier molecular flexibility index (Phi) is 12.4. The van der Waals surface area contributed by atoms with E-state index in [9.17, 15) is 4.79 Å². The smallest absolute Gasteiger partial charge is 0.410 e. The van der Waals surface area contributed by atoms with E-state index < -0.39 is 5.60 Å². The van der Waals surface area contributed by atoms with Crippen LogP contribution in [-0.4, -0.2) is 48.7 Å². The van der Waals surface area contributed by atoms with E-state index in [2.05, 4.69) is 71.0 Å². The summed E-state index contributed by atoms with van der Waals surface area (Å²) in [6, 6.07) is 0. The Bertz CT molecular complexity index is 733. The molecule has 32 heavy (non-hydrogen) atoms. The lowest BCUT2D eigenvalue weighted by Gasteiger charge is -2.31. The second kappa shape index (κ2) is 13.3. The van der Waals surface area contributed by atoms with Crippen LogP contribution in [0.25, 0.3) is 0 Å². The molecule has 0 saturated carbocycles. The number of hydrogen-bond donors (Lipinski definition) is 0. The SMILES string of the molecule is C=C(/C(C)=C\C(=C)N(C)CCC(C)(C)CCN(C)C(=O)OC(C)(C)C)/C(=C/C=C\C)CC. The molecule has 0 atom stereocenters. The van der Waals surface area contributed by atoms with Gasteiger partial charge in [-0.2, -0.15) is 0 Å². The number of nitrogens with zero attached hydrogens (tertiary/aromatic N) is 2. The molecule has 0 aliphatic heterocycles. The molecular formula is C28H48N2O2. The minimum Gasteiger partial charge on any atom is -0.444 e. The van der Waals surface area contributed by atoms with E-state index in [1.807, 2.05) is 33.8 Å². The maximum atomic E-state index is 12.2. The third-order valence-electron chi connectivity index (χ3n) is 5.56. The van der Waals surface area contributed by atoms with Gasteiger partial charge < -0.3 is 14.5 Å². The lowest BCUT2D eigenvalue weighted by Crippen LogP contribution is -2.36. The van der Waals surface area contributed by atoms with Crippen LogP contribution in [0.5, 0.6) is 0 Å². The molecule has 0 aromatic rings. The standard InChI is InChI=1S/C28H48N2O2/c1-13-15-16-25(14-2)24(5)22(3)21-23(4)29(11)19-17-28(9,10)18-20-30(12)26(31)32-27(6,7)8/h13,15-16,21H,4-5,14,17-20H2,1-3,6-12H3/b15-13-,22-21-,25-16+. The highest BCUT2D eigenvalue weighted by atomic mass is 16.6. The number of ether oxygens (including phenoxy) is 1. The first-order valence-electron chi connectivity index (χ1n) is 11.7. The Morgan fingerprint density at radius 1 is 1.00 bits per heavy atom. The Hall–Kier alpha value is -2.23. The number of allylic oxidation sites excluding steroid dienone is 7. The average molecular weight is 445 g/mol. The van der Waals surface area contributed by atoms with Crippen LogP contribution >= 0.6 is 0 Å². The van der Waals surface area contributed by atoms with Crippen molar-refractivity contribution >= 4 is 6.09 Å². The molecule has 0 radical (unpaired) electrons. The number of hydrogen-bond acceptors (Lipinski definition) is 3. The zero-order chi connectivity index (χ0) is 25.1. The molecule has 0 unspecified atom stereocenters. The molecule has 182 valence electrons. The molecule has 0 aromatic carbocycles. The molecule has 4 nitrogen and oxygen atoms in total. The summed E-state index contributed by atoms with van der Waals surface area (Å²) in [7, 11) is 3.88. The maximum absolute atomic E-state index is 12.2. The van der Waals surface area contributed by atoms with Crippen LogP contribution in [0.1, 0.15) is 74.7 Å². The number of likely N-dealkylation sites (N-methyl/N-ethyl adjacent to an activating group) is 1. The van der Waals surface area contributed by atoms with E-state index in [4.69, 9.17) is 4.74 Å². The van der Waals surface area contributed by atoms with Gasteiger partial charge in [0.2, 0.25) is 0 Å². The number of rotatable bonds is 12. The zero-order valence-electron chi connectivity index (χ0n) is 22.5. The second-order valence-corrected chi connectivity index (χ2v) is 10.4. The molecule has 0 bridgehead atoms. The van der Waals surface area contributed by atoms with Crippen molar-refractivity contribution in [2.24, 2.45) is 5.41 Å². The van der Waals surface area contributed by atoms with Crippen LogP contribution in [0.3, 0.4) is 0 Å². The highest BCUT2D eigenvalue weighted by molar-refractivity contribution is 5.67. The molecule has 4 heteroatoms. The monoisotopic (exact) mass is 444 g/mol. The van der Waals surface area contributed by atoms with Crippen molar-refractivity contribution in [1.82, 2.24) is 9.80 Å². The Balaban J connectivity index is 4.82. The van der Waals surface area contributed by atoms with Crippen LogP contribution in [0.15, 0.2) is 59.9 Å². The van der Waals surface area contributed by atoms with E-state index in [0.29, 0.717) is 6.54 Å². The van der Waals surface area contributed by atoms with Crippen molar-refractivity contribution in [2.45, 2.75) is 80.3 Å². The van der Waals surface area contributed by atoms with Crippen molar-refractivity contribution in [3.05, 3.63) is 59.9 Å². The summed E-state index contributed by atoms with van der Waals surface area (Å²) in [5, 5.41) is 0. The van der Waals surface area contributed by atoms with Gasteiger partial charge in [-0.1, -0.05) is 52.2 Å². The molecule has 0 fully saturated rings. The minimum absolute atomic E-state index is 0.0950. The highest BCUT2D eigenvalue weighted by Crippen LogP contribution is 2.27. The first-order chi connectivity index (χ1) is 14.6. The molecule has 0 N–H and O–H groups in total. The molecule has 0 rings (SSSR count). The van der Waals surface area contributed by atoms with Crippen molar-refractivity contribution in [3.63, 3.8) is 0 Å². The number of carbonyl (C=O) groups is 1. The van der Waals surface area contributed by atoms with Crippen molar-refractivity contribution in [3.8, 4) is 0 Å². The van der Waals surface area contributed by atoms with Gasteiger partial charge in [0.25, 0.3) is 0 Å². The van der Waals surface area contributed by atoms with Crippen LogP contribution in [0.2, 0.25) is 0 Å². The number of carbonyl (C=O) groups excluding carboxylic acids is 1. The third-order valence-corrected chi connectivity index (χ3v) is 5.56. The fourth-order valence-electron chi connectivity index (χ4n) is 2.99. The maximum Gasteiger partial charge on any atom is 0.410 e. The molecular weight excluding hydrogens is 396 g/mol. The first kappa shape index (κ1) is 29.8. The molecule has 0 aromatic heterocycles. The molecule has 0 spiro atoms. The molecule has 0 aliphatic rings. The van der Waals surface area contributed by atoms with Crippen LogP contribution in [-0.2, 0) is 4.74 Å². The van der Waals surface area contributed by atoms with Gasteiger partial charge in [-0.15, -0.1) is 0 Å². The zero-order valence-corrected chi connectivity index (χ0v) is 22.5. The third kappa shape index (κ3) is 12.0. The summed E-state index contributed by atoms with van der Waals surface area (Å²) in [6.07, 6.45) is 10.9. The Labute approximate surface area is 198 Å². The normalized spacial score (nSPS) is 13.3. The fourth-order valence-corrected chi connectivity index (χ4v) is 2.99. The van der Waals surface area contributed by atoms with Crippen molar-refractivity contribution < 1.29 is 9.53 Å². The van der Waals surface area contributed by atoms with Crippen molar-refractivity contribution in [2.75, 3.05) is 27.2 Å². The summed E-state index contributed by atoms with van der Waals surface area (Å²) in [5.74, 6) is 0. The fraction of sp³-hybridized carbons (Fsp3) is 0.607. The van der Waals surface area contributed by atoms with Crippen LogP contribution in [0.4, 0.5) is 4.79 Å². The molecule has 0 heterocycles. The Morgan fingerprint density at radius 2 is 1.53 bits per heavy atom. The van der Waals surface area contributed by atoms with E-state index in [0.717, 1.165) is 42.7 Å². The van der Waals surface area contributed by atoms with Crippen molar-refractivity contribution in [1.29, 1.82) is 0 Å². The summed E-state index contributed by atoms with van der Waals surface area (Å²) in [5.41, 5.74) is 4.04. The van der Waals surface area contributed by atoms with Gasteiger partial charge in [-0.3, -0.25) is 0 Å². The van der Waals surface area contributed by atoms with Crippen LogP contribution < -0.4 is 0 Å². The largest absolute Gasteiger partial charge is 0.444 e. The molecule has 0 aliphatic carbocycles. The van der Waals surface area contributed by atoms with E-state index in [1.54, 1.807) is 11.9 Å². The van der Waals surface area contributed by atoms with Gasteiger partial charge in [-0.05, 0) is 82.1 Å². The molecule has 0 saturated heterocycles. The Morgan fingerprint density at radius 3 is 2.00 bits per heavy atom. The van der Waals surface area contributed by atoms with E-state index in [-0.39, 0.29) is 11.5 Å². The lowest BCUT2D eigenvalue weighted by atomic mass is 9.85. The number of amides is 1. The van der Waals surface area contributed by atoms with Gasteiger partial charge in [0.1, 0.15) is 5.60 Å².